The van der Waals surface area contributed by atoms with E-state index in [1.807, 2.05) is 0 Å². The number of sulfonamides is 1. The second kappa shape index (κ2) is 6.75. The molecule has 3 rings (SSSR count). The van der Waals surface area contributed by atoms with Gasteiger partial charge in [-0.25, -0.2) is 13.4 Å². The lowest BCUT2D eigenvalue weighted by Crippen LogP contribution is -2.64. The number of carboxylic acid groups (broad SMARTS) is 1. The lowest BCUT2D eigenvalue weighted by molar-refractivity contribution is -0.140. The van der Waals surface area contributed by atoms with E-state index in [1.165, 1.54) is 21.5 Å². The van der Waals surface area contributed by atoms with E-state index in [4.69, 9.17) is 5.73 Å². The smallest absolute Gasteiger partial charge is 0.316 e. The number of amidine groups is 1. The zero-order valence-corrected chi connectivity index (χ0v) is 15.4. The minimum Gasteiger partial charge on any atom is -0.481 e. The molecule has 0 saturated carbocycles. The maximum atomic E-state index is 12.0. The second-order valence-electron chi connectivity index (χ2n) is 6.53. The van der Waals surface area contributed by atoms with Crippen molar-refractivity contribution in [3.63, 3.8) is 0 Å². The van der Waals surface area contributed by atoms with E-state index >= 15 is 0 Å². The topological polar surface area (TPSA) is 167 Å². The summed E-state index contributed by atoms with van der Waals surface area (Å²) in [5.41, 5.74) is 5.42. The molecule has 0 aliphatic carbocycles. The average molecular weight is 393 g/mol. The summed E-state index contributed by atoms with van der Waals surface area (Å²) < 4.78 is 26.9. The molecule has 0 radical (unpaired) electrons. The van der Waals surface area contributed by atoms with Crippen LogP contribution in [0.3, 0.4) is 0 Å². The van der Waals surface area contributed by atoms with E-state index in [2.05, 4.69) is 21.2 Å². The zero-order chi connectivity index (χ0) is 19.8. The molecule has 2 atom stereocenters. The molecule has 1 aromatic rings. The van der Waals surface area contributed by atoms with Crippen LogP contribution in [-0.4, -0.2) is 64.6 Å². The molecule has 11 nitrogen and oxygen atoms in total. The Morgan fingerprint density at radius 3 is 2.81 bits per heavy atom. The van der Waals surface area contributed by atoms with Crippen molar-refractivity contribution in [3.8, 4) is 6.07 Å². The number of nitrogens with two attached hydrogens (primary N) is 1. The SMILES string of the molecule is CCS(=O)(=O)N1CC(CC#N)(n2cc(C3N=CN=C(N)C3C(=O)O)cn2)C1. The van der Waals surface area contributed by atoms with Crippen LogP contribution in [-0.2, 0) is 20.4 Å². The van der Waals surface area contributed by atoms with Gasteiger partial charge in [-0.15, -0.1) is 0 Å². The monoisotopic (exact) mass is 393 g/mol. The summed E-state index contributed by atoms with van der Waals surface area (Å²) >= 11 is 0. The minimum atomic E-state index is -3.35. The van der Waals surface area contributed by atoms with Gasteiger partial charge in [0.15, 0.2) is 0 Å². The van der Waals surface area contributed by atoms with E-state index in [-0.39, 0.29) is 31.1 Å². The Bertz CT molecular complexity index is 953. The second-order valence-corrected chi connectivity index (χ2v) is 8.78. The van der Waals surface area contributed by atoms with Crippen molar-refractivity contribution in [3.05, 3.63) is 18.0 Å². The lowest BCUT2D eigenvalue weighted by Gasteiger charge is -2.47. The summed E-state index contributed by atoms with van der Waals surface area (Å²) in [4.78, 5) is 19.4. The van der Waals surface area contributed by atoms with Gasteiger partial charge >= 0.3 is 5.97 Å². The Balaban J connectivity index is 1.88. The van der Waals surface area contributed by atoms with Gasteiger partial charge in [-0.1, -0.05) is 0 Å². The molecule has 0 spiro atoms. The van der Waals surface area contributed by atoms with Crippen LogP contribution >= 0.6 is 0 Å². The number of carbonyl (C=O) groups is 1. The fourth-order valence-corrected chi connectivity index (χ4v) is 4.50. The van der Waals surface area contributed by atoms with Gasteiger partial charge < -0.3 is 10.8 Å². The van der Waals surface area contributed by atoms with E-state index in [1.54, 1.807) is 13.1 Å². The number of aliphatic carboxylic acids is 1. The maximum absolute atomic E-state index is 12.0. The van der Waals surface area contributed by atoms with E-state index in [0.29, 0.717) is 5.56 Å². The number of aromatic nitrogens is 2. The summed E-state index contributed by atoms with van der Waals surface area (Å²) in [7, 11) is -3.35. The highest BCUT2D eigenvalue weighted by molar-refractivity contribution is 7.89. The van der Waals surface area contributed by atoms with Crippen LogP contribution in [0.2, 0.25) is 0 Å². The minimum absolute atomic E-state index is 0.0182. The molecule has 0 aromatic carbocycles. The third-order valence-corrected chi connectivity index (χ3v) is 6.65. The Morgan fingerprint density at radius 1 is 1.52 bits per heavy atom. The van der Waals surface area contributed by atoms with Gasteiger partial charge in [0, 0.05) is 24.8 Å². The number of aliphatic imine (C=N–C) groups is 2. The van der Waals surface area contributed by atoms with Crippen LogP contribution in [0, 0.1) is 17.2 Å². The molecule has 0 bridgehead atoms. The summed E-state index contributed by atoms with van der Waals surface area (Å²) in [6.45, 7) is 1.83. The maximum Gasteiger partial charge on any atom is 0.316 e. The molecule has 2 unspecified atom stereocenters. The predicted molar refractivity (Wildman–Crippen MR) is 95.4 cm³/mol. The molecule has 3 heterocycles. The molecule has 2 aliphatic rings. The first kappa shape index (κ1) is 19.0. The first-order valence-corrected chi connectivity index (χ1v) is 9.82. The number of nitrogens with zero attached hydrogens (tertiary/aromatic N) is 6. The Labute approximate surface area is 155 Å². The molecule has 12 heteroatoms. The Kier molecular flexibility index (Phi) is 4.75. The molecule has 2 aliphatic heterocycles. The number of carboxylic acids is 1. The number of nitriles is 1. The fourth-order valence-electron chi connectivity index (χ4n) is 3.26. The van der Waals surface area contributed by atoms with Crippen LogP contribution in [0.5, 0.6) is 0 Å². The highest BCUT2D eigenvalue weighted by Gasteiger charge is 2.50. The number of hydrogen-bond donors (Lipinski definition) is 2. The molecule has 1 saturated heterocycles. The van der Waals surface area contributed by atoms with Crippen molar-refractivity contribution in [1.29, 1.82) is 5.26 Å². The van der Waals surface area contributed by atoms with E-state index in [0.717, 1.165) is 0 Å². The van der Waals surface area contributed by atoms with Gasteiger partial charge in [0.25, 0.3) is 0 Å². The lowest BCUT2D eigenvalue weighted by atomic mass is 9.89. The Morgan fingerprint density at radius 2 is 2.22 bits per heavy atom. The van der Waals surface area contributed by atoms with E-state index in [9.17, 15) is 23.6 Å². The van der Waals surface area contributed by atoms with E-state index < -0.39 is 33.5 Å². The van der Waals surface area contributed by atoms with Crippen LogP contribution in [0.25, 0.3) is 0 Å². The van der Waals surface area contributed by atoms with Gasteiger partial charge in [0.05, 0.1) is 24.4 Å². The summed E-state index contributed by atoms with van der Waals surface area (Å²) in [6.07, 6.45) is 4.35. The molecule has 1 fully saturated rings. The molecule has 1 aromatic heterocycles. The molecule has 144 valence electrons. The summed E-state index contributed by atoms with van der Waals surface area (Å²) in [6, 6.07) is 1.29. The first-order valence-electron chi connectivity index (χ1n) is 8.21. The van der Waals surface area contributed by atoms with Crippen molar-refractivity contribution < 1.29 is 18.3 Å². The van der Waals surface area contributed by atoms with Gasteiger partial charge in [-0.3, -0.25) is 14.5 Å². The molecule has 27 heavy (non-hydrogen) atoms. The van der Waals surface area contributed by atoms with Crippen molar-refractivity contribution >= 4 is 28.2 Å². The summed E-state index contributed by atoms with van der Waals surface area (Å²) in [5.74, 6) is -2.33. The highest BCUT2D eigenvalue weighted by atomic mass is 32.2. The summed E-state index contributed by atoms with van der Waals surface area (Å²) in [5, 5.41) is 22.9. The van der Waals surface area contributed by atoms with Crippen molar-refractivity contribution in [2.45, 2.75) is 24.9 Å². The standard InChI is InChI=1S/C15H19N7O4S/c1-2-27(25,26)21-7-15(8-21,3-4-16)22-6-10(5-20-22)12-11(14(23)24)13(17)19-9-18-12/h5-6,9,11-12H,2-3,7-8H2,1H3,(H,23,24)(H2,17,18,19). The van der Waals surface area contributed by atoms with Crippen molar-refractivity contribution in [1.82, 2.24) is 14.1 Å². The van der Waals surface area contributed by atoms with Crippen LogP contribution in [0.15, 0.2) is 22.4 Å². The van der Waals surface area contributed by atoms with Gasteiger partial charge in [0.2, 0.25) is 10.0 Å². The third-order valence-electron chi connectivity index (χ3n) is 4.87. The van der Waals surface area contributed by atoms with Crippen molar-refractivity contribution in [2.24, 2.45) is 21.6 Å². The van der Waals surface area contributed by atoms with Gasteiger partial charge in [-0.2, -0.15) is 14.7 Å². The third kappa shape index (κ3) is 3.19. The molecular weight excluding hydrogens is 374 g/mol. The zero-order valence-electron chi connectivity index (χ0n) is 14.6. The highest BCUT2D eigenvalue weighted by Crippen LogP contribution is 2.36. The normalized spacial score (nSPS) is 24.7. The number of hydrogen-bond acceptors (Lipinski definition) is 8. The van der Waals surface area contributed by atoms with Gasteiger partial charge in [-0.05, 0) is 6.92 Å². The van der Waals surface area contributed by atoms with Gasteiger partial charge in [0.1, 0.15) is 29.7 Å². The largest absolute Gasteiger partial charge is 0.481 e. The molecular formula is C15H19N7O4S. The Hall–Kier alpha value is -2.78. The quantitative estimate of drug-likeness (QED) is 0.644. The predicted octanol–water partition coefficient (Wildman–Crippen LogP) is -0.702. The van der Waals surface area contributed by atoms with Crippen LogP contribution in [0.1, 0.15) is 24.9 Å². The molecule has 3 N–H and O–H groups in total. The van der Waals surface area contributed by atoms with Crippen molar-refractivity contribution in [2.75, 3.05) is 18.8 Å². The average Bonchev–Trinajstić information content (AvgIpc) is 3.07. The fraction of sp³-hybridized carbons (Fsp3) is 0.533. The first-order chi connectivity index (χ1) is 12.7. The van der Waals surface area contributed by atoms with Crippen LogP contribution < -0.4 is 5.73 Å². The number of rotatable bonds is 6. The van der Waals surface area contributed by atoms with Crippen LogP contribution in [0.4, 0.5) is 0 Å². The molecule has 0 amide bonds.